The van der Waals surface area contributed by atoms with Gasteiger partial charge in [-0.05, 0) is 6.92 Å². The number of pyridine rings is 1. The van der Waals surface area contributed by atoms with Gasteiger partial charge in [0.25, 0.3) is 0 Å². The second-order valence-corrected chi connectivity index (χ2v) is 3.14. The molecule has 1 aliphatic rings. The summed E-state index contributed by atoms with van der Waals surface area (Å²) in [6.45, 7) is 1.81. The van der Waals surface area contributed by atoms with E-state index in [-0.39, 0.29) is 30.1 Å². The van der Waals surface area contributed by atoms with Crippen LogP contribution in [0.3, 0.4) is 0 Å². The molecule has 1 aliphatic heterocycles. The van der Waals surface area contributed by atoms with Crippen LogP contribution >= 0.6 is 0 Å². The number of ether oxygens (including phenoxy) is 2. The molecule has 0 unspecified atom stereocenters. The van der Waals surface area contributed by atoms with Crippen LogP contribution in [0.4, 0.5) is 0 Å². The van der Waals surface area contributed by atoms with E-state index < -0.39 is 11.9 Å². The standard InChI is InChI=1S/C10H9NO5/c1-2-15-10(14)8-6(12)3-11-5-4-16-9(13)7(5)8/h3,12H,2,4H2,1H3. The van der Waals surface area contributed by atoms with Gasteiger partial charge in [-0.15, -0.1) is 0 Å². The van der Waals surface area contributed by atoms with Crippen molar-refractivity contribution in [1.29, 1.82) is 0 Å². The number of carbonyl (C=O) groups is 2. The highest BCUT2D eigenvalue weighted by Gasteiger charge is 2.32. The van der Waals surface area contributed by atoms with Gasteiger partial charge in [-0.2, -0.15) is 0 Å². The Morgan fingerprint density at radius 2 is 2.44 bits per heavy atom. The third kappa shape index (κ3) is 1.48. The van der Waals surface area contributed by atoms with Gasteiger partial charge in [-0.1, -0.05) is 0 Å². The Kier molecular flexibility index (Phi) is 2.47. The highest BCUT2D eigenvalue weighted by Crippen LogP contribution is 2.28. The van der Waals surface area contributed by atoms with E-state index in [4.69, 9.17) is 9.47 Å². The zero-order chi connectivity index (χ0) is 11.7. The molecule has 6 heteroatoms. The second-order valence-electron chi connectivity index (χ2n) is 3.14. The molecule has 1 aromatic heterocycles. The van der Waals surface area contributed by atoms with Crippen molar-refractivity contribution < 1.29 is 24.2 Å². The van der Waals surface area contributed by atoms with Crippen LogP contribution in [0.1, 0.15) is 33.3 Å². The SMILES string of the molecule is CCOC(=O)c1c(O)cnc2c1C(=O)OC2. The number of rotatable bonds is 2. The van der Waals surface area contributed by atoms with Gasteiger partial charge in [0.05, 0.1) is 18.5 Å². The molecule has 0 atom stereocenters. The summed E-state index contributed by atoms with van der Waals surface area (Å²) in [6.07, 6.45) is 1.10. The van der Waals surface area contributed by atoms with Crippen LogP contribution in [0.25, 0.3) is 0 Å². The molecule has 6 nitrogen and oxygen atoms in total. The van der Waals surface area contributed by atoms with Crippen LogP contribution in [-0.2, 0) is 16.1 Å². The molecule has 16 heavy (non-hydrogen) atoms. The number of carbonyl (C=O) groups excluding carboxylic acids is 2. The summed E-state index contributed by atoms with van der Waals surface area (Å²) < 4.78 is 9.47. The highest BCUT2D eigenvalue weighted by molar-refractivity contribution is 6.06. The lowest BCUT2D eigenvalue weighted by molar-refractivity contribution is 0.0488. The zero-order valence-electron chi connectivity index (χ0n) is 8.52. The lowest BCUT2D eigenvalue weighted by atomic mass is 10.1. The zero-order valence-corrected chi connectivity index (χ0v) is 8.52. The minimum Gasteiger partial charge on any atom is -0.505 e. The fraction of sp³-hybridized carbons (Fsp3) is 0.300. The Morgan fingerprint density at radius 3 is 3.12 bits per heavy atom. The van der Waals surface area contributed by atoms with E-state index in [1.54, 1.807) is 6.92 Å². The number of cyclic esters (lactones) is 1. The Bertz CT molecular complexity index is 469. The van der Waals surface area contributed by atoms with Crippen molar-refractivity contribution in [1.82, 2.24) is 4.98 Å². The molecule has 0 radical (unpaired) electrons. The van der Waals surface area contributed by atoms with Gasteiger partial charge in [0, 0.05) is 0 Å². The van der Waals surface area contributed by atoms with Gasteiger partial charge in [0.1, 0.15) is 23.5 Å². The molecule has 0 bridgehead atoms. The first-order chi connectivity index (χ1) is 7.65. The average Bonchev–Trinajstić information content (AvgIpc) is 2.61. The van der Waals surface area contributed by atoms with E-state index in [1.165, 1.54) is 0 Å². The molecule has 1 N–H and O–H groups in total. The van der Waals surface area contributed by atoms with E-state index in [1.807, 2.05) is 0 Å². The monoisotopic (exact) mass is 223 g/mol. The smallest absolute Gasteiger partial charge is 0.342 e. The lowest BCUT2D eigenvalue weighted by Crippen LogP contribution is -2.11. The molecular formula is C10H9NO5. The van der Waals surface area contributed by atoms with Crippen LogP contribution in [0.5, 0.6) is 5.75 Å². The minimum absolute atomic E-state index is 0.00144. The molecule has 2 rings (SSSR count). The van der Waals surface area contributed by atoms with Crippen molar-refractivity contribution in [2.45, 2.75) is 13.5 Å². The molecule has 0 aliphatic carbocycles. The molecule has 0 spiro atoms. The van der Waals surface area contributed by atoms with Gasteiger partial charge in [-0.25, -0.2) is 9.59 Å². The van der Waals surface area contributed by atoms with Crippen molar-refractivity contribution >= 4 is 11.9 Å². The predicted octanol–water partition coefficient (Wildman–Crippen LogP) is 0.634. The van der Waals surface area contributed by atoms with Crippen molar-refractivity contribution in [3.05, 3.63) is 23.0 Å². The number of aromatic nitrogens is 1. The fourth-order valence-corrected chi connectivity index (χ4v) is 1.49. The van der Waals surface area contributed by atoms with Gasteiger partial charge in [0.2, 0.25) is 0 Å². The number of nitrogens with zero attached hydrogens (tertiary/aromatic N) is 1. The predicted molar refractivity (Wildman–Crippen MR) is 51.0 cm³/mol. The first-order valence-corrected chi connectivity index (χ1v) is 4.70. The van der Waals surface area contributed by atoms with Crippen LogP contribution in [-0.4, -0.2) is 28.6 Å². The fourth-order valence-electron chi connectivity index (χ4n) is 1.49. The van der Waals surface area contributed by atoms with Crippen LogP contribution in [0, 0.1) is 0 Å². The summed E-state index contributed by atoms with van der Waals surface area (Å²) in [6, 6.07) is 0. The molecule has 0 saturated carbocycles. The Balaban J connectivity index is 2.55. The number of hydrogen-bond donors (Lipinski definition) is 1. The summed E-state index contributed by atoms with van der Waals surface area (Å²) in [5.41, 5.74) is 0.165. The number of esters is 2. The third-order valence-electron chi connectivity index (χ3n) is 2.16. The number of aromatic hydroxyl groups is 1. The van der Waals surface area contributed by atoms with Crippen molar-refractivity contribution in [3.8, 4) is 5.75 Å². The largest absolute Gasteiger partial charge is 0.505 e. The summed E-state index contributed by atoms with van der Waals surface area (Å²) >= 11 is 0. The molecule has 0 saturated heterocycles. The first-order valence-electron chi connectivity index (χ1n) is 4.70. The maximum absolute atomic E-state index is 11.6. The highest BCUT2D eigenvalue weighted by atomic mass is 16.5. The molecule has 2 heterocycles. The molecule has 84 valence electrons. The quantitative estimate of drug-likeness (QED) is 0.740. The maximum Gasteiger partial charge on any atom is 0.342 e. The van der Waals surface area contributed by atoms with Crippen molar-refractivity contribution in [2.24, 2.45) is 0 Å². The first kappa shape index (κ1) is 10.4. The molecule has 0 fully saturated rings. The molecular weight excluding hydrogens is 214 g/mol. The van der Waals surface area contributed by atoms with E-state index in [0.29, 0.717) is 5.69 Å². The molecule has 0 aromatic carbocycles. The van der Waals surface area contributed by atoms with E-state index in [0.717, 1.165) is 6.20 Å². The summed E-state index contributed by atoms with van der Waals surface area (Å²) in [5.74, 6) is -1.80. The molecule has 1 aromatic rings. The second kappa shape index (κ2) is 3.80. The van der Waals surface area contributed by atoms with E-state index >= 15 is 0 Å². The number of hydrogen-bond acceptors (Lipinski definition) is 6. The third-order valence-corrected chi connectivity index (χ3v) is 2.16. The van der Waals surface area contributed by atoms with Crippen molar-refractivity contribution in [2.75, 3.05) is 6.61 Å². The lowest BCUT2D eigenvalue weighted by Gasteiger charge is -2.06. The Morgan fingerprint density at radius 1 is 1.69 bits per heavy atom. The Labute approximate surface area is 90.8 Å². The van der Waals surface area contributed by atoms with Gasteiger partial charge in [0.15, 0.2) is 0 Å². The Hall–Kier alpha value is -2.11. The van der Waals surface area contributed by atoms with Crippen LogP contribution in [0.2, 0.25) is 0 Å². The van der Waals surface area contributed by atoms with E-state index in [2.05, 4.69) is 4.98 Å². The minimum atomic E-state index is -0.752. The van der Waals surface area contributed by atoms with Crippen molar-refractivity contribution in [3.63, 3.8) is 0 Å². The summed E-state index contributed by atoms with van der Waals surface area (Å²) in [4.78, 5) is 26.7. The van der Waals surface area contributed by atoms with Crippen LogP contribution < -0.4 is 0 Å². The summed E-state index contributed by atoms with van der Waals surface area (Å²) in [5, 5.41) is 9.52. The maximum atomic E-state index is 11.6. The van der Waals surface area contributed by atoms with Gasteiger partial charge < -0.3 is 14.6 Å². The average molecular weight is 223 g/mol. The van der Waals surface area contributed by atoms with Crippen LogP contribution in [0.15, 0.2) is 6.20 Å². The number of fused-ring (bicyclic) bond motifs is 1. The summed E-state index contributed by atoms with van der Waals surface area (Å²) in [7, 11) is 0. The topological polar surface area (TPSA) is 85.7 Å². The van der Waals surface area contributed by atoms with Gasteiger partial charge in [-0.3, -0.25) is 4.98 Å². The van der Waals surface area contributed by atoms with Gasteiger partial charge >= 0.3 is 11.9 Å². The normalized spacial score (nSPS) is 13.2. The molecule has 0 amide bonds. The van der Waals surface area contributed by atoms with E-state index in [9.17, 15) is 14.7 Å².